The van der Waals surface area contributed by atoms with E-state index in [0.29, 0.717) is 0 Å². The molecule has 38 heavy (non-hydrogen) atoms. The van der Waals surface area contributed by atoms with Crippen molar-refractivity contribution in [3.8, 4) is 0 Å². The summed E-state index contributed by atoms with van der Waals surface area (Å²) in [7, 11) is 0. The second-order valence-electron chi connectivity index (χ2n) is 12.7. The van der Waals surface area contributed by atoms with Crippen molar-refractivity contribution in [1.29, 1.82) is 0 Å². The monoisotopic (exact) mass is 622 g/mol. The van der Waals surface area contributed by atoms with E-state index in [2.05, 4.69) is 88.6 Å². The van der Waals surface area contributed by atoms with Crippen LogP contribution in [0.15, 0.2) is 0 Å². The molecule has 1 aliphatic carbocycles. The van der Waals surface area contributed by atoms with Crippen molar-refractivity contribution in [2.75, 3.05) is 46.0 Å². The third-order valence-corrected chi connectivity index (χ3v) is 14.8. The van der Waals surface area contributed by atoms with Gasteiger partial charge >= 0.3 is 0 Å². The van der Waals surface area contributed by atoms with Gasteiger partial charge in [0.15, 0.2) is 0 Å². The van der Waals surface area contributed by atoms with Crippen LogP contribution in [0.3, 0.4) is 0 Å². The van der Waals surface area contributed by atoms with Gasteiger partial charge in [-0.05, 0) is 115 Å². The molecule has 0 aromatic carbocycles. The molecule has 0 spiro atoms. The lowest BCUT2D eigenvalue weighted by atomic mass is 9.91. The fraction of sp³-hybridized carbons (Fsp3) is 1.00. The maximum absolute atomic E-state index is 2.36. The third kappa shape index (κ3) is 24.4. The Balaban J connectivity index is 0.000000229. The third-order valence-electron chi connectivity index (χ3n) is 7.81. The van der Waals surface area contributed by atoms with Gasteiger partial charge < -0.3 is 0 Å². The molecule has 0 N–H and O–H groups in total. The van der Waals surface area contributed by atoms with E-state index in [-0.39, 0.29) is 0 Å². The number of thioether (sulfide) groups is 5. The van der Waals surface area contributed by atoms with Gasteiger partial charge in [0.05, 0.1) is 0 Å². The Morgan fingerprint density at radius 2 is 0.816 bits per heavy atom. The Hall–Kier alpha value is 1.75. The molecule has 6 fully saturated rings. The van der Waals surface area contributed by atoms with Crippen LogP contribution in [0, 0.1) is 23.7 Å². The molecule has 5 heteroatoms. The zero-order valence-electron chi connectivity index (χ0n) is 26.4. The molecule has 4 atom stereocenters. The molecule has 1 saturated carbocycles. The van der Waals surface area contributed by atoms with E-state index in [9.17, 15) is 0 Å². The fourth-order valence-electron chi connectivity index (χ4n) is 4.85. The summed E-state index contributed by atoms with van der Waals surface area (Å²) in [5.74, 6) is 15.3. The number of hydrogen-bond donors (Lipinski definition) is 0. The van der Waals surface area contributed by atoms with Crippen LogP contribution in [-0.4, -0.2) is 56.5 Å². The van der Waals surface area contributed by atoms with E-state index in [4.69, 9.17) is 0 Å². The normalized spacial score (nSPS) is 31.1. The molecule has 228 valence electrons. The molecule has 6 aliphatic rings. The van der Waals surface area contributed by atoms with Gasteiger partial charge in [-0.25, -0.2) is 0 Å². The van der Waals surface area contributed by atoms with Gasteiger partial charge in [-0.2, -0.15) is 58.8 Å². The van der Waals surface area contributed by atoms with Gasteiger partial charge in [-0.3, -0.25) is 0 Å². The van der Waals surface area contributed by atoms with Gasteiger partial charge in [0.1, 0.15) is 0 Å². The number of rotatable bonds is 0. The van der Waals surface area contributed by atoms with Crippen LogP contribution in [0.1, 0.15) is 125 Å². The molecule has 0 aromatic heterocycles. The summed E-state index contributed by atoms with van der Waals surface area (Å²) in [6.45, 7) is 13.9. The first-order valence-corrected chi connectivity index (χ1v) is 21.9. The quantitative estimate of drug-likeness (QED) is 0.263. The number of hydrogen-bond acceptors (Lipinski definition) is 5. The zero-order chi connectivity index (χ0) is 27.8. The molecule has 5 aliphatic heterocycles. The highest BCUT2D eigenvalue weighted by atomic mass is 32.2. The highest BCUT2D eigenvalue weighted by Crippen LogP contribution is 2.25. The van der Waals surface area contributed by atoms with Gasteiger partial charge in [-0.1, -0.05) is 80.1 Å². The van der Waals surface area contributed by atoms with E-state index >= 15 is 0 Å². The highest BCUT2D eigenvalue weighted by molar-refractivity contribution is 8.00. The summed E-state index contributed by atoms with van der Waals surface area (Å²) in [6.07, 6.45) is 19.1. The smallest absolute Gasteiger partial charge is 0.00190 e. The lowest BCUT2D eigenvalue weighted by Gasteiger charge is -2.18. The van der Waals surface area contributed by atoms with Gasteiger partial charge in [0.2, 0.25) is 0 Å². The molecular formula is C33H66S5. The summed E-state index contributed by atoms with van der Waals surface area (Å²) in [6, 6.07) is 0. The van der Waals surface area contributed by atoms with Crippen molar-refractivity contribution in [3.05, 3.63) is 0 Å². The van der Waals surface area contributed by atoms with Crippen LogP contribution in [0.5, 0.6) is 0 Å². The lowest BCUT2D eigenvalue weighted by molar-refractivity contribution is 0.385. The summed E-state index contributed by atoms with van der Waals surface area (Å²) in [5.41, 5.74) is 0. The van der Waals surface area contributed by atoms with Crippen molar-refractivity contribution >= 4 is 58.8 Å². The molecule has 0 amide bonds. The Bertz CT molecular complexity index is 416. The maximum Gasteiger partial charge on any atom is 0.00190 e. The van der Waals surface area contributed by atoms with E-state index in [1.54, 1.807) is 0 Å². The molecular weight excluding hydrogens is 557 g/mol. The van der Waals surface area contributed by atoms with Gasteiger partial charge in [-0.15, -0.1) is 0 Å². The molecule has 0 radical (unpaired) electrons. The van der Waals surface area contributed by atoms with Crippen LogP contribution in [0.4, 0.5) is 0 Å². The Labute approximate surface area is 262 Å². The van der Waals surface area contributed by atoms with Crippen LogP contribution in [-0.2, 0) is 0 Å². The van der Waals surface area contributed by atoms with Crippen molar-refractivity contribution in [2.45, 2.75) is 136 Å². The van der Waals surface area contributed by atoms with Crippen LogP contribution >= 0.6 is 58.8 Å². The maximum atomic E-state index is 2.36. The summed E-state index contributed by atoms with van der Waals surface area (Å²) in [4.78, 5) is 0. The van der Waals surface area contributed by atoms with E-state index < -0.39 is 0 Å². The fourth-order valence-corrected chi connectivity index (χ4v) is 10.1. The van der Waals surface area contributed by atoms with Crippen LogP contribution < -0.4 is 0 Å². The predicted octanol–water partition coefficient (Wildman–Crippen LogP) is 12.1. The minimum atomic E-state index is 0.953. The minimum absolute atomic E-state index is 0.953. The lowest BCUT2D eigenvalue weighted by Crippen LogP contribution is -2.12. The predicted molar refractivity (Wildman–Crippen MR) is 192 cm³/mol. The highest BCUT2D eigenvalue weighted by Gasteiger charge is 2.10. The Morgan fingerprint density at radius 3 is 1.03 bits per heavy atom. The van der Waals surface area contributed by atoms with Crippen molar-refractivity contribution in [1.82, 2.24) is 0 Å². The van der Waals surface area contributed by atoms with Gasteiger partial charge in [0, 0.05) is 10.5 Å². The average molecular weight is 623 g/mol. The van der Waals surface area contributed by atoms with Gasteiger partial charge in [0.25, 0.3) is 0 Å². The molecule has 0 nitrogen and oxygen atoms in total. The summed E-state index contributed by atoms with van der Waals surface area (Å²) >= 11 is 10.4. The molecule has 5 heterocycles. The Kier molecular flexibility index (Phi) is 26.2. The second-order valence-corrected chi connectivity index (χ2v) is 19.1. The molecule has 4 unspecified atom stereocenters. The minimum Gasteiger partial charge on any atom is -0.162 e. The average Bonchev–Trinajstić information content (AvgIpc) is 3.59. The molecule has 0 aromatic rings. The topological polar surface area (TPSA) is 0 Å². The van der Waals surface area contributed by atoms with E-state index in [1.165, 1.54) is 129 Å². The van der Waals surface area contributed by atoms with Crippen molar-refractivity contribution in [2.24, 2.45) is 23.7 Å². The Morgan fingerprint density at radius 1 is 0.342 bits per heavy atom. The largest absolute Gasteiger partial charge is 0.162 e. The first-order chi connectivity index (χ1) is 18.4. The van der Waals surface area contributed by atoms with Crippen LogP contribution in [0.2, 0.25) is 0 Å². The second kappa shape index (κ2) is 26.4. The van der Waals surface area contributed by atoms with Crippen molar-refractivity contribution < 1.29 is 0 Å². The SMILES string of the molecule is CC1CCCCC1.CC1CCCCS1.CC1CCCS1.CC1CCCSC1.CC1CCSC1.CC1CSC1. The van der Waals surface area contributed by atoms with Crippen molar-refractivity contribution in [3.63, 3.8) is 0 Å². The molecule has 5 saturated heterocycles. The first-order valence-electron chi connectivity index (χ1n) is 16.3. The summed E-state index contributed by atoms with van der Waals surface area (Å²) < 4.78 is 0. The zero-order valence-corrected chi connectivity index (χ0v) is 30.4. The molecule has 6 rings (SSSR count). The molecule has 0 bridgehead atoms. The van der Waals surface area contributed by atoms with E-state index in [1.807, 2.05) is 11.8 Å². The van der Waals surface area contributed by atoms with Crippen LogP contribution in [0.25, 0.3) is 0 Å². The summed E-state index contributed by atoms with van der Waals surface area (Å²) in [5, 5.41) is 1.92. The first kappa shape index (κ1) is 37.8. The van der Waals surface area contributed by atoms with E-state index in [0.717, 1.165) is 34.2 Å². The standard InChI is InChI=1S/C7H14.2C6H12S.2C5H10S.C4H8S/c1-7-5-3-2-4-6-7;1-6-3-2-4-7-5-6;1-6-4-2-3-5-7-6;1-5-2-3-6-4-5;1-5-3-2-4-6-5;1-4-2-5-3-4/h7H,2-6H2,1H3;2*6H,2-5H2,1H3;2*5H,2-4H2,1H3;4H,2-3H2,1H3.